The van der Waals surface area contributed by atoms with E-state index in [9.17, 15) is 0 Å². The molecule has 0 aliphatic rings. The number of fused-ring (bicyclic) bond motifs is 1. The van der Waals surface area contributed by atoms with Crippen LogP contribution in [0.3, 0.4) is 0 Å². The van der Waals surface area contributed by atoms with Gasteiger partial charge in [0.05, 0.1) is 11.0 Å². The van der Waals surface area contributed by atoms with E-state index in [0.717, 1.165) is 29.1 Å². The summed E-state index contributed by atoms with van der Waals surface area (Å²) >= 11 is 0. The number of benzene rings is 1. The predicted octanol–water partition coefficient (Wildman–Crippen LogP) is 2.62. The number of rotatable bonds is 3. The number of imidazole rings is 1. The maximum Gasteiger partial charge on any atom is 0.114 e. The minimum atomic E-state index is 0.711. The molecule has 3 rings (SSSR count). The topological polar surface area (TPSA) is 56.7 Å². The van der Waals surface area contributed by atoms with Crippen molar-refractivity contribution in [3.8, 4) is 0 Å². The highest BCUT2D eigenvalue weighted by atomic mass is 15.1. The Hall–Kier alpha value is -2.36. The third kappa shape index (κ3) is 2.05. The zero-order chi connectivity index (χ0) is 13.2. The predicted molar refractivity (Wildman–Crippen MR) is 76.9 cm³/mol. The first-order chi connectivity index (χ1) is 9.29. The standard InChI is InChI=1S/C15H16N4/c1-2-19-14-6-4-3-5-13(14)18-15(19)9-11-10-17-8-7-12(11)16/h3-8,10H,2,9H2,1H3,(H2,16,17). The van der Waals surface area contributed by atoms with Gasteiger partial charge in [-0.05, 0) is 25.1 Å². The summed E-state index contributed by atoms with van der Waals surface area (Å²) < 4.78 is 2.22. The number of nitrogens with two attached hydrogens (primary N) is 1. The Balaban J connectivity index is 2.08. The van der Waals surface area contributed by atoms with Crippen LogP contribution in [0, 0.1) is 0 Å². The van der Waals surface area contributed by atoms with Crippen molar-refractivity contribution < 1.29 is 0 Å². The van der Waals surface area contributed by atoms with Crippen LogP contribution in [-0.2, 0) is 13.0 Å². The Kier molecular flexibility index (Phi) is 2.91. The lowest BCUT2D eigenvalue weighted by Crippen LogP contribution is -2.04. The molecule has 0 saturated heterocycles. The van der Waals surface area contributed by atoms with E-state index in [1.54, 1.807) is 6.20 Å². The lowest BCUT2D eigenvalue weighted by atomic mass is 10.1. The summed E-state index contributed by atoms with van der Waals surface area (Å²) in [6.45, 7) is 3.03. The van der Waals surface area contributed by atoms with Crippen molar-refractivity contribution in [1.29, 1.82) is 0 Å². The molecule has 96 valence electrons. The highest BCUT2D eigenvalue weighted by Crippen LogP contribution is 2.20. The van der Waals surface area contributed by atoms with Crippen molar-refractivity contribution in [2.75, 3.05) is 5.73 Å². The largest absolute Gasteiger partial charge is 0.398 e. The molecule has 2 heterocycles. The fourth-order valence-corrected chi connectivity index (χ4v) is 2.37. The Morgan fingerprint density at radius 1 is 1.21 bits per heavy atom. The van der Waals surface area contributed by atoms with Crippen LogP contribution >= 0.6 is 0 Å². The van der Waals surface area contributed by atoms with Crippen LogP contribution in [0.4, 0.5) is 5.69 Å². The number of nitrogens with zero attached hydrogens (tertiary/aromatic N) is 3. The molecule has 0 saturated carbocycles. The summed E-state index contributed by atoms with van der Waals surface area (Å²) in [7, 11) is 0. The molecule has 4 nitrogen and oxygen atoms in total. The zero-order valence-electron chi connectivity index (χ0n) is 10.9. The monoisotopic (exact) mass is 252 g/mol. The van der Waals surface area contributed by atoms with Gasteiger partial charge in [-0.2, -0.15) is 0 Å². The molecule has 2 N–H and O–H groups in total. The van der Waals surface area contributed by atoms with E-state index in [1.807, 2.05) is 30.5 Å². The van der Waals surface area contributed by atoms with Crippen LogP contribution in [0.5, 0.6) is 0 Å². The quantitative estimate of drug-likeness (QED) is 0.779. The Labute approximate surface area is 111 Å². The van der Waals surface area contributed by atoms with E-state index in [0.29, 0.717) is 6.42 Å². The Bertz CT molecular complexity index is 715. The molecule has 4 heteroatoms. The molecule has 0 unspecified atom stereocenters. The van der Waals surface area contributed by atoms with Crippen molar-refractivity contribution >= 4 is 16.7 Å². The van der Waals surface area contributed by atoms with Gasteiger partial charge in [-0.25, -0.2) is 4.98 Å². The van der Waals surface area contributed by atoms with E-state index in [1.165, 1.54) is 5.52 Å². The van der Waals surface area contributed by atoms with E-state index in [4.69, 9.17) is 10.7 Å². The number of hydrogen-bond acceptors (Lipinski definition) is 3. The van der Waals surface area contributed by atoms with Gasteiger partial charge in [-0.3, -0.25) is 4.98 Å². The lowest BCUT2D eigenvalue weighted by molar-refractivity contribution is 0.733. The summed E-state index contributed by atoms with van der Waals surface area (Å²) in [4.78, 5) is 8.83. The maximum absolute atomic E-state index is 5.98. The van der Waals surface area contributed by atoms with Gasteiger partial charge in [0.15, 0.2) is 0 Å². The first kappa shape index (κ1) is 11.7. The molecular weight excluding hydrogens is 236 g/mol. The average molecular weight is 252 g/mol. The maximum atomic E-state index is 5.98. The third-order valence-electron chi connectivity index (χ3n) is 3.34. The minimum absolute atomic E-state index is 0.711. The molecule has 0 atom stereocenters. The number of aryl methyl sites for hydroxylation is 1. The van der Waals surface area contributed by atoms with Gasteiger partial charge in [0.1, 0.15) is 5.82 Å². The molecule has 0 bridgehead atoms. The molecule has 0 aliphatic carbocycles. The van der Waals surface area contributed by atoms with Crippen molar-refractivity contribution in [2.24, 2.45) is 0 Å². The van der Waals surface area contributed by atoms with Crippen molar-refractivity contribution in [3.05, 3.63) is 54.1 Å². The molecule has 1 aromatic carbocycles. The van der Waals surface area contributed by atoms with Crippen LogP contribution in [0.2, 0.25) is 0 Å². The van der Waals surface area contributed by atoms with Gasteiger partial charge < -0.3 is 10.3 Å². The molecule has 0 fully saturated rings. The van der Waals surface area contributed by atoms with Crippen molar-refractivity contribution in [3.63, 3.8) is 0 Å². The first-order valence-electron chi connectivity index (χ1n) is 6.42. The highest BCUT2D eigenvalue weighted by Gasteiger charge is 2.10. The second kappa shape index (κ2) is 4.72. The van der Waals surface area contributed by atoms with Gasteiger partial charge in [0.25, 0.3) is 0 Å². The Morgan fingerprint density at radius 2 is 2.05 bits per heavy atom. The van der Waals surface area contributed by atoms with Gasteiger partial charge in [0.2, 0.25) is 0 Å². The van der Waals surface area contributed by atoms with E-state index in [-0.39, 0.29) is 0 Å². The summed E-state index contributed by atoms with van der Waals surface area (Å²) in [5, 5.41) is 0. The molecule has 0 spiro atoms. The zero-order valence-corrected chi connectivity index (χ0v) is 10.9. The van der Waals surface area contributed by atoms with Gasteiger partial charge in [-0.1, -0.05) is 12.1 Å². The average Bonchev–Trinajstić information content (AvgIpc) is 2.78. The third-order valence-corrected chi connectivity index (χ3v) is 3.34. The second-order valence-corrected chi connectivity index (χ2v) is 4.51. The molecule has 2 aromatic heterocycles. The summed E-state index contributed by atoms with van der Waals surface area (Å²) in [5.74, 6) is 1.03. The van der Waals surface area contributed by atoms with Gasteiger partial charge >= 0.3 is 0 Å². The molecule has 19 heavy (non-hydrogen) atoms. The smallest absolute Gasteiger partial charge is 0.114 e. The molecule has 0 aliphatic heterocycles. The number of para-hydroxylation sites is 2. The SMILES string of the molecule is CCn1c(Cc2cnccc2N)nc2ccccc21. The molecule has 0 amide bonds. The van der Waals surface area contributed by atoms with E-state index >= 15 is 0 Å². The fraction of sp³-hybridized carbons (Fsp3) is 0.200. The highest BCUT2D eigenvalue weighted by molar-refractivity contribution is 5.76. The summed E-state index contributed by atoms with van der Waals surface area (Å²) in [5.41, 5.74) is 9.96. The normalized spacial score (nSPS) is 11.0. The number of hydrogen-bond donors (Lipinski definition) is 1. The fourth-order valence-electron chi connectivity index (χ4n) is 2.37. The van der Waals surface area contributed by atoms with E-state index in [2.05, 4.69) is 22.5 Å². The molecule has 3 aromatic rings. The van der Waals surface area contributed by atoms with E-state index < -0.39 is 0 Å². The Morgan fingerprint density at radius 3 is 2.84 bits per heavy atom. The van der Waals surface area contributed by atoms with Crippen molar-refractivity contribution in [2.45, 2.75) is 19.9 Å². The molecule has 0 radical (unpaired) electrons. The van der Waals surface area contributed by atoms with Crippen LogP contribution in [-0.4, -0.2) is 14.5 Å². The number of aromatic nitrogens is 3. The number of pyridine rings is 1. The van der Waals surface area contributed by atoms with Crippen molar-refractivity contribution in [1.82, 2.24) is 14.5 Å². The number of nitrogen functional groups attached to an aromatic ring is 1. The van der Waals surface area contributed by atoms with Crippen LogP contribution in [0.25, 0.3) is 11.0 Å². The van der Waals surface area contributed by atoms with Crippen LogP contribution < -0.4 is 5.73 Å². The molecular formula is C15H16N4. The second-order valence-electron chi connectivity index (χ2n) is 4.51. The van der Waals surface area contributed by atoms with Crippen LogP contribution in [0.1, 0.15) is 18.3 Å². The van der Waals surface area contributed by atoms with Gasteiger partial charge in [0, 0.05) is 36.6 Å². The summed E-state index contributed by atoms with van der Waals surface area (Å²) in [6, 6.07) is 10.0. The van der Waals surface area contributed by atoms with Gasteiger partial charge in [-0.15, -0.1) is 0 Å². The lowest BCUT2D eigenvalue weighted by Gasteiger charge is -2.07. The summed E-state index contributed by atoms with van der Waals surface area (Å²) in [6.07, 6.45) is 4.23. The number of anilines is 1. The first-order valence-corrected chi connectivity index (χ1v) is 6.42. The minimum Gasteiger partial charge on any atom is -0.398 e. The van der Waals surface area contributed by atoms with Crippen LogP contribution in [0.15, 0.2) is 42.7 Å².